The number of nitrogens with one attached hydrogen (secondary N) is 1. The third-order valence-electron chi connectivity index (χ3n) is 3.09. The highest BCUT2D eigenvalue weighted by molar-refractivity contribution is 8.00. The smallest absolute Gasteiger partial charge is 0.323 e. The van der Waals surface area contributed by atoms with E-state index in [0.29, 0.717) is 24.2 Å². The number of ether oxygens (including phenoxy) is 1. The van der Waals surface area contributed by atoms with Gasteiger partial charge < -0.3 is 15.8 Å². The number of esters is 1. The molecule has 0 aromatic rings. The summed E-state index contributed by atoms with van der Waals surface area (Å²) in [4.78, 5) is 23.0. The lowest BCUT2D eigenvalue weighted by Crippen LogP contribution is -2.38. The average molecular weight is 288 g/mol. The molecule has 0 aromatic heterocycles. The normalized spacial score (nSPS) is 17.8. The lowest BCUT2D eigenvalue weighted by molar-refractivity contribution is -0.144. The van der Waals surface area contributed by atoms with Crippen molar-refractivity contribution in [2.75, 3.05) is 18.1 Å². The second-order valence-corrected chi connectivity index (χ2v) is 5.81. The van der Waals surface area contributed by atoms with E-state index in [4.69, 9.17) is 10.5 Å². The van der Waals surface area contributed by atoms with E-state index in [1.807, 2.05) is 0 Å². The zero-order chi connectivity index (χ0) is 14.1. The summed E-state index contributed by atoms with van der Waals surface area (Å²) in [5.41, 5.74) is 5.65. The van der Waals surface area contributed by atoms with Crippen molar-refractivity contribution >= 4 is 23.6 Å². The fourth-order valence-corrected chi connectivity index (χ4v) is 2.89. The van der Waals surface area contributed by atoms with E-state index in [0.717, 1.165) is 12.8 Å². The Balaban J connectivity index is 2.10. The lowest BCUT2D eigenvalue weighted by Gasteiger charge is -2.22. The summed E-state index contributed by atoms with van der Waals surface area (Å²) in [5, 5.41) is 3.03. The fraction of sp³-hybridized carbons (Fsp3) is 0.846. The van der Waals surface area contributed by atoms with Gasteiger partial charge in [0, 0.05) is 11.8 Å². The van der Waals surface area contributed by atoms with E-state index in [1.165, 1.54) is 31.0 Å². The molecule has 0 bridgehead atoms. The first kappa shape index (κ1) is 16.3. The SMILES string of the molecule is CCOC(=O)C(N)CSCC(=O)NC1CCCCC1. The summed E-state index contributed by atoms with van der Waals surface area (Å²) in [6.07, 6.45) is 5.84. The van der Waals surface area contributed by atoms with E-state index >= 15 is 0 Å². The number of hydrogen-bond donors (Lipinski definition) is 2. The number of carbonyl (C=O) groups is 2. The molecule has 19 heavy (non-hydrogen) atoms. The quantitative estimate of drug-likeness (QED) is 0.685. The van der Waals surface area contributed by atoms with Crippen molar-refractivity contribution in [2.45, 2.75) is 51.1 Å². The van der Waals surface area contributed by atoms with Gasteiger partial charge in [-0.3, -0.25) is 9.59 Å². The van der Waals surface area contributed by atoms with E-state index in [9.17, 15) is 9.59 Å². The van der Waals surface area contributed by atoms with E-state index in [-0.39, 0.29) is 5.91 Å². The highest BCUT2D eigenvalue weighted by Crippen LogP contribution is 2.17. The topological polar surface area (TPSA) is 81.4 Å². The minimum absolute atomic E-state index is 0.0351. The van der Waals surface area contributed by atoms with Crippen LogP contribution in [0.2, 0.25) is 0 Å². The first-order valence-electron chi connectivity index (χ1n) is 6.92. The van der Waals surface area contributed by atoms with Gasteiger partial charge in [0.15, 0.2) is 0 Å². The summed E-state index contributed by atoms with van der Waals surface area (Å²) in [6.45, 7) is 2.08. The molecule has 0 spiro atoms. The summed E-state index contributed by atoms with van der Waals surface area (Å²) < 4.78 is 4.80. The van der Waals surface area contributed by atoms with Gasteiger partial charge in [-0.15, -0.1) is 11.8 Å². The predicted octanol–water partition coefficient (Wildman–Crippen LogP) is 1.06. The molecule has 1 fully saturated rings. The Hall–Kier alpha value is -0.750. The Morgan fingerprint density at radius 2 is 2.05 bits per heavy atom. The Labute approximate surface area is 119 Å². The second-order valence-electron chi connectivity index (χ2n) is 4.78. The highest BCUT2D eigenvalue weighted by atomic mass is 32.2. The van der Waals surface area contributed by atoms with Crippen molar-refractivity contribution in [1.82, 2.24) is 5.32 Å². The molecule has 1 atom stereocenters. The number of carbonyl (C=O) groups excluding carboxylic acids is 2. The van der Waals surface area contributed by atoms with Crippen molar-refractivity contribution in [1.29, 1.82) is 0 Å². The van der Waals surface area contributed by atoms with E-state index in [2.05, 4.69) is 5.32 Å². The first-order chi connectivity index (χ1) is 9.13. The van der Waals surface area contributed by atoms with E-state index < -0.39 is 12.0 Å². The van der Waals surface area contributed by atoms with Crippen LogP contribution >= 0.6 is 11.8 Å². The van der Waals surface area contributed by atoms with Crippen LogP contribution in [0.4, 0.5) is 0 Å². The zero-order valence-corrected chi connectivity index (χ0v) is 12.3. The van der Waals surface area contributed by atoms with Crippen LogP contribution in [0.5, 0.6) is 0 Å². The molecule has 0 heterocycles. The molecular formula is C13H24N2O3S. The highest BCUT2D eigenvalue weighted by Gasteiger charge is 2.17. The monoisotopic (exact) mass is 288 g/mol. The Morgan fingerprint density at radius 1 is 1.37 bits per heavy atom. The summed E-state index contributed by atoms with van der Waals surface area (Å²) in [6, 6.07) is -0.312. The summed E-state index contributed by atoms with van der Waals surface area (Å²) in [5.74, 6) is 0.399. The molecule has 6 heteroatoms. The third kappa shape index (κ3) is 6.82. The number of thioether (sulfide) groups is 1. The standard InChI is InChI=1S/C13H24N2O3S/c1-2-18-13(17)11(14)8-19-9-12(16)15-10-6-4-3-5-7-10/h10-11H,2-9,14H2,1H3,(H,15,16). The third-order valence-corrected chi connectivity index (χ3v) is 4.15. The minimum Gasteiger partial charge on any atom is -0.465 e. The van der Waals surface area contributed by atoms with Crippen LogP contribution in [0.3, 0.4) is 0 Å². The predicted molar refractivity (Wildman–Crippen MR) is 76.9 cm³/mol. The van der Waals surface area contributed by atoms with Crippen LogP contribution in [-0.4, -0.2) is 42.1 Å². The molecule has 1 aliphatic carbocycles. The maximum atomic E-state index is 11.7. The molecular weight excluding hydrogens is 264 g/mol. The van der Waals surface area contributed by atoms with Gasteiger partial charge in [-0.1, -0.05) is 19.3 Å². The summed E-state index contributed by atoms with van der Waals surface area (Å²) >= 11 is 1.37. The van der Waals surface area contributed by atoms with Gasteiger partial charge in [0.25, 0.3) is 0 Å². The average Bonchev–Trinajstić information content (AvgIpc) is 2.40. The largest absolute Gasteiger partial charge is 0.465 e. The van der Waals surface area contributed by atoms with Crippen LogP contribution in [0.15, 0.2) is 0 Å². The van der Waals surface area contributed by atoms with Crippen molar-refractivity contribution in [2.24, 2.45) is 5.73 Å². The lowest BCUT2D eigenvalue weighted by atomic mass is 9.95. The van der Waals surface area contributed by atoms with Crippen molar-refractivity contribution < 1.29 is 14.3 Å². The Kier molecular flexibility index (Phi) is 7.90. The molecule has 1 aliphatic rings. The molecule has 0 saturated heterocycles. The number of hydrogen-bond acceptors (Lipinski definition) is 5. The fourth-order valence-electron chi connectivity index (χ4n) is 2.11. The van der Waals surface area contributed by atoms with Gasteiger partial charge in [0.05, 0.1) is 12.4 Å². The molecule has 0 aliphatic heterocycles. The van der Waals surface area contributed by atoms with Crippen LogP contribution in [0, 0.1) is 0 Å². The van der Waals surface area contributed by atoms with Crippen LogP contribution in [-0.2, 0) is 14.3 Å². The molecule has 0 aromatic carbocycles. The van der Waals surface area contributed by atoms with Crippen molar-refractivity contribution in [3.63, 3.8) is 0 Å². The van der Waals surface area contributed by atoms with Crippen LogP contribution in [0.25, 0.3) is 0 Å². The molecule has 110 valence electrons. The van der Waals surface area contributed by atoms with Crippen molar-refractivity contribution in [3.8, 4) is 0 Å². The number of rotatable bonds is 7. The van der Waals surface area contributed by atoms with Gasteiger partial charge in [0.2, 0.25) is 5.91 Å². The molecule has 1 unspecified atom stereocenters. The molecule has 5 nitrogen and oxygen atoms in total. The first-order valence-corrected chi connectivity index (χ1v) is 8.08. The van der Waals surface area contributed by atoms with Gasteiger partial charge in [-0.25, -0.2) is 0 Å². The van der Waals surface area contributed by atoms with Gasteiger partial charge in [-0.2, -0.15) is 0 Å². The molecule has 3 N–H and O–H groups in total. The molecule has 1 saturated carbocycles. The molecule has 0 radical (unpaired) electrons. The van der Waals surface area contributed by atoms with Gasteiger partial charge in [0.1, 0.15) is 6.04 Å². The number of nitrogens with two attached hydrogens (primary N) is 1. The molecule has 1 amide bonds. The summed E-state index contributed by atoms with van der Waals surface area (Å²) in [7, 11) is 0. The number of amides is 1. The van der Waals surface area contributed by atoms with Crippen molar-refractivity contribution in [3.05, 3.63) is 0 Å². The van der Waals surface area contributed by atoms with Crippen LogP contribution < -0.4 is 11.1 Å². The van der Waals surface area contributed by atoms with Gasteiger partial charge >= 0.3 is 5.97 Å². The maximum absolute atomic E-state index is 11.7. The minimum atomic E-state index is -0.646. The Morgan fingerprint density at radius 3 is 2.68 bits per heavy atom. The maximum Gasteiger partial charge on any atom is 0.323 e. The second kappa shape index (κ2) is 9.20. The van der Waals surface area contributed by atoms with Crippen LogP contribution in [0.1, 0.15) is 39.0 Å². The zero-order valence-electron chi connectivity index (χ0n) is 11.5. The van der Waals surface area contributed by atoms with E-state index in [1.54, 1.807) is 6.92 Å². The Bertz CT molecular complexity index is 294. The van der Waals surface area contributed by atoms with Gasteiger partial charge in [-0.05, 0) is 19.8 Å². The molecule has 1 rings (SSSR count).